The van der Waals surface area contributed by atoms with Crippen LogP contribution in [0.25, 0.3) is 0 Å². The first-order valence-electron chi connectivity index (χ1n) is 4.82. The molecule has 1 amide bonds. The highest BCUT2D eigenvalue weighted by Crippen LogP contribution is 1.97. The molecule has 0 fully saturated rings. The lowest BCUT2D eigenvalue weighted by Crippen LogP contribution is -2.40. The summed E-state index contributed by atoms with van der Waals surface area (Å²) in [4.78, 5) is 23.0. The summed E-state index contributed by atoms with van der Waals surface area (Å²) in [6.45, 7) is 2.79. The van der Waals surface area contributed by atoms with E-state index in [-0.39, 0.29) is 25.4 Å². The molecule has 6 heteroatoms. The van der Waals surface area contributed by atoms with Gasteiger partial charge in [-0.05, 0) is 6.54 Å². The van der Waals surface area contributed by atoms with E-state index < -0.39 is 12.1 Å². The highest BCUT2D eigenvalue weighted by molar-refractivity contribution is 5.77. The quantitative estimate of drug-likeness (QED) is 0.504. The van der Waals surface area contributed by atoms with Crippen molar-refractivity contribution < 1.29 is 19.8 Å². The van der Waals surface area contributed by atoms with Gasteiger partial charge in [0.15, 0.2) is 0 Å². The molecule has 1 atom stereocenters. The van der Waals surface area contributed by atoms with E-state index in [9.17, 15) is 14.7 Å². The zero-order valence-corrected chi connectivity index (χ0v) is 9.06. The van der Waals surface area contributed by atoms with Gasteiger partial charge in [-0.2, -0.15) is 0 Å². The van der Waals surface area contributed by atoms with Crippen LogP contribution in [0.2, 0.25) is 0 Å². The molecule has 0 aromatic carbocycles. The van der Waals surface area contributed by atoms with E-state index in [1.165, 1.54) is 7.05 Å². The second-order valence-corrected chi connectivity index (χ2v) is 3.25. The first-order valence-corrected chi connectivity index (χ1v) is 4.82. The van der Waals surface area contributed by atoms with E-state index in [0.717, 1.165) is 0 Å². The van der Waals surface area contributed by atoms with Crippen molar-refractivity contribution in [3.8, 4) is 0 Å². The van der Waals surface area contributed by atoms with Crippen molar-refractivity contribution >= 4 is 11.9 Å². The van der Waals surface area contributed by atoms with Gasteiger partial charge in [-0.15, -0.1) is 0 Å². The minimum atomic E-state index is -1.04. The fourth-order valence-corrected chi connectivity index (χ4v) is 1.15. The standard InChI is InChI=1S/C9H18N2O4/c1-3-11(6-8(13)10-2)5-7(12)4-9(14)15/h7,12H,3-6H2,1-2H3,(H,10,13)(H,14,15). The van der Waals surface area contributed by atoms with Gasteiger partial charge in [-0.25, -0.2) is 0 Å². The summed E-state index contributed by atoms with van der Waals surface area (Å²) in [6, 6.07) is 0. The molecule has 0 saturated heterocycles. The van der Waals surface area contributed by atoms with Crippen molar-refractivity contribution in [2.75, 3.05) is 26.7 Å². The maximum atomic E-state index is 11.0. The summed E-state index contributed by atoms with van der Waals surface area (Å²) in [6.07, 6.45) is -1.24. The number of carbonyl (C=O) groups excluding carboxylic acids is 1. The Morgan fingerprint density at radius 1 is 1.47 bits per heavy atom. The van der Waals surface area contributed by atoms with Gasteiger partial charge in [-0.3, -0.25) is 14.5 Å². The Bertz CT molecular complexity index is 220. The number of hydrogen-bond donors (Lipinski definition) is 3. The number of carbonyl (C=O) groups is 2. The second kappa shape index (κ2) is 7.19. The van der Waals surface area contributed by atoms with Gasteiger partial charge >= 0.3 is 5.97 Å². The van der Waals surface area contributed by atoms with Crippen LogP contribution in [0.15, 0.2) is 0 Å². The fourth-order valence-electron chi connectivity index (χ4n) is 1.15. The van der Waals surface area contributed by atoms with Gasteiger partial charge in [-0.1, -0.05) is 6.92 Å². The summed E-state index contributed by atoms with van der Waals surface area (Å²) in [7, 11) is 1.53. The summed E-state index contributed by atoms with van der Waals surface area (Å²) in [5.74, 6) is -1.20. The van der Waals surface area contributed by atoms with Gasteiger partial charge in [0.2, 0.25) is 5.91 Å². The number of carboxylic acid groups (broad SMARTS) is 1. The van der Waals surface area contributed by atoms with Crippen LogP contribution in [0, 0.1) is 0 Å². The van der Waals surface area contributed by atoms with E-state index >= 15 is 0 Å². The summed E-state index contributed by atoms with van der Waals surface area (Å²) in [5.41, 5.74) is 0. The number of nitrogens with zero attached hydrogens (tertiary/aromatic N) is 1. The van der Waals surface area contributed by atoms with Crippen LogP contribution in [0.4, 0.5) is 0 Å². The molecule has 0 heterocycles. The number of nitrogens with one attached hydrogen (secondary N) is 1. The molecular formula is C9H18N2O4. The summed E-state index contributed by atoms with van der Waals surface area (Å²) >= 11 is 0. The molecule has 0 aromatic heterocycles. The third kappa shape index (κ3) is 6.87. The van der Waals surface area contributed by atoms with E-state index in [1.54, 1.807) is 4.90 Å². The SMILES string of the molecule is CCN(CC(=O)NC)CC(O)CC(=O)O. The smallest absolute Gasteiger partial charge is 0.306 e. The molecule has 0 spiro atoms. The first-order chi connectivity index (χ1) is 6.99. The Balaban J connectivity index is 3.97. The van der Waals surface area contributed by atoms with Crippen LogP contribution in [0.5, 0.6) is 0 Å². The monoisotopic (exact) mass is 218 g/mol. The third-order valence-electron chi connectivity index (χ3n) is 1.97. The van der Waals surface area contributed by atoms with E-state index in [1.807, 2.05) is 6.92 Å². The van der Waals surface area contributed by atoms with Gasteiger partial charge < -0.3 is 15.5 Å². The molecule has 0 aliphatic carbocycles. The minimum absolute atomic E-state index is 0.153. The number of amides is 1. The number of rotatable bonds is 7. The lowest BCUT2D eigenvalue weighted by atomic mass is 10.2. The Morgan fingerprint density at radius 3 is 2.47 bits per heavy atom. The van der Waals surface area contributed by atoms with Crippen molar-refractivity contribution in [1.82, 2.24) is 10.2 Å². The zero-order chi connectivity index (χ0) is 11.8. The van der Waals surface area contributed by atoms with Crippen LogP contribution >= 0.6 is 0 Å². The predicted octanol–water partition coefficient (Wildman–Crippen LogP) is -1.11. The van der Waals surface area contributed by atoms with Gasteiger partial charge in [0.05, 0.1) is 19.1 Å². The average molecular weight is 218 g/mol. The van der Waals surface area contributed by atoms with E-state index in [0.29, 0.717) is 6.54 Å². The molecular weight excluding hydrogens is 200 g/mol. The second-order valence-electron chi connectivity index (χ2n) is 3.25. The Kier molecular flexibility index (Phi) is 6.64. The molecule has 6 nitrogen and oxygen atoms in total. The molecule has 1 unspecified atom stereocenters. The molecule has 15 heavy (non-hydrogen) atoms. The van der Waals surface area contributed by atoms with Crippen molar-refractivity contribution in [1.29, 1.82) is 0 Å². The van der Waals surface area contributed by atoms with Gasteiger partial charge in [0, 0.05) is 13.6 Å². The molecule has 0 rings (SSSR count). The highest BCUT2D eigenvalue weighted by atomic mass is 16.4. The topological polar surface area (TPSA) is 89.9 Å². The van der Waals surface area contributed by atoms with Crippen molar-refractivity contribution in [2.24, 2.45) is 0 Å². The number of aliphatic hydroxyl groups excluding tert-OH is 1. The zero-order valence-electron chi connectivity index (χ0n) is 9.06. The predicted molar refractivity (Wildman–Crippen MR) is 54.4 cm³/mol. The van der Waals surface area contributed by atoms with Gasteiger partial charge in [0.25, 0.3) is 0 Å². The summed E-state index contributed by atoms with van der Waals surface area (Å²) in [5, 5.41) is 20.3. The van der Waals surface area contributed by atoms with Crippen LogP contribution in [0.1, 0.15) is 13.3 Å². The molecule has 88 valence electrons. The lowest BCUT2D eigenvalue weighted by Gasteiger charge is -2.21. The number of carboxylic acids is 1. The molecule has 0 radical (unpaired) electrons. The first kappa shape index (κ1) is 13.9. The Labute approximate surface area is 88.9 Å². The highest BCUT2D eigenvalue weighted by Gasteiger charge is 2.15. The molecule has 3 N–H and O–H groups in total. The normalized spacial score (nSPS) is 12.5. The molecule has 0 saturated carbocycles. The molecule has 0 aliphatic rings. The minimum Gasteiger partial charge on any atom is -0.481 e. The Morgan fingerprint density at radius 2 is 2.07 bits per heavy atom. The maximum absolute atomic E-state index is 11.0. The largest absolute Gasteiger partial charge is 0.481 e. The average Bonchev–Trinajstić information content (AvgIpc) is 2.15. The third-order valence-corrected chi connectivity index (χ3v) is 1.97. The van der Waals surface area contributed by atoms with Crippen molar-refractivity contribution in [2.45, 2.75) is 19.4 Å². The van der Waals surface area contributed by atoms with E-state index in [2.05, 4.69) is 5.32 Å². The maximum Gasteiger partial charge on any atom is 0.306 e. The van der Waals surface area contributed by atoms with Crippen LogP contribution in [-0.2, 0) is 9.59 Å². The van der Waals surface area contributed by atoms with Crippen molar-refractivity contribution in [3.63, 3.8) is 0 Å². The Hall–Kier alpha value is -1.14. The fraction of sp³-hybridized carbons (Fsp3) is 0.778. The number of aliphatic carboxylic acids is 1. The summed E-state index contributed by atoms with van der Waals surface area (Å²) < 4.78 is 0. The molecule has 0 aromatic rings. The molecule has 0 bridgehead atoms. The van der Waals surface area contributed by atoms with Crippen molar-refractivity contribution in [3.05, 3.63) is 0 Å². The van der Waals surface area contributed by atoms with Gasteiger partial charge in [0.1, 0.15) is 0 Å². The van der Waals surface area contributed by atoms with Crippen LogP contribution in [-0.4, -0.2) is 59.8 Å². The number of hydrogen-bond acceptors (Lipinski definition) is 4. The van der Waals surface area contributed by atoms with E-state index in [4.69, 9.17) is 5.11 Å². The number of likely N-dealkylation sites (N-methyl/N-ethyl adjacent to an activating group) is 2. The lowest BCUT2D eigenvalue weighted by molar-refractivity contribution is -0.139. The number of aliphatic hydroxyl groups is 1. The van der Waals surface area contributed by atoms with Crippen LogP contribution < -0.4 is 5.32 Å². The molecule has 0 aliphatic heterocycles. The van der Waals surface area contributed by atoms with Crippen LogP contribution in [0.3, 0.4) is 0 Å².